The number of ether oxygens (including phenoxy) is 1. The Hall–Kier alpha value is -2.53. The molecule has 5 nitrogen and oxygen atoms in total. The largest absolute Gasteiger partial charge is 0.481 e. The molecule has 0 bridgehead atoms. The van der Waals surface area contributed by atoms with Crippen molar-refractivity contribution in [2.45, 2.75) is 12.8 Å². The Morgan fingerprint density at radius 2 is 1.58 bits per heavy atom. The number of hydrogen-bond donors (Lipinski definition) is 2. The molecule has 1 aliphatic rings. The predicted molar refractivity (Wildman–Crippen MR) is 95.2 cm³/mol. The Bertz CT molecular complexity index is 677. The first-order valence-electron chi connectivity index (χ1n) is 8.16. The maximum absolute atomic E-state index is 11.0. The first-order valence-corrected chi connectivity index (χ1v) is 8.16. The van der Waals surface area contributed by atoms with Crippen LogP contribution in [0.15, 0.2) is 48.5 Å². The van der Waals surface area contributed by atoms with Crippen molar-refractivity contribution in [3.8, 4) is 0 Å². The highest BCUT2D eigenvalue weighted by Crippen LogP contribution is 2.23. The molecule has 0 amide bonds. The Morgan fingerprint density at radius 3 is 2.12 bits per heavy atom. The van der Waals surface area contributed by atoms with Gasteiger partial charge in [-0.15, -0.1) is 0 Å². The normalized spacial score (nSPS) is 15.8. The lowest BCUT2D eigenvalue weighted by Crippen LogP contribution is -2.36. The molecule has 126 valence electrons. The average Bonchev–Trinajstić information content (AvgIpc) is 2.63. The maximum atomic E-state index is 11.0. The van der Waals surface area contributed by atoms with E-state index in [9.17, 15) is 4.79 Å². The molecule has 5 heteroatoms. The Morgan fingerprint density at radius 1 is 1.04 bits per heavy atom. The van der Waals surface area contributed by atoms with E-state index in [0.717, 1.165) is 43.2 Å². The first-order chi connectivity index (χ1) is 11.6. The average molecular weight is 326 g/mol. The van der Waals surface area contributed by atoms with Gasteiger partial charge in [-0.05, 0) is 48.9 Å². The quantitative estimate of drug-likeness (QED) is 0.881. The zero-order valence-corrected chi connectivity index (χ0v) is 13.7. The van der Waals surface area contributed by atoms with Gasteiger partial charge in [-0.2, -0.15) is 0 Å². The molecule has 0 radical (unpaired) electrons. The van der Waals surface area contributed by atoms with Crippen LogP contribution >= 0.6 is 0 Å². The van der Waals surface area contributed by atoms with Gasteiger partial charge in [0.15, 0.2) is 0 Å². The lowest BCUT2D eigenvalue weighted by Gasteiger charge is -2.28. The van der Waals surface area contributed by atoms with E-state index in [1.54, 1.807) is 6.92 Å². The van der Waals surface area contributed by atoms with Crippen LogP contribution in [0.2, 0.25) is 0 Å². The van der Waals surface area contributed by atoms with E-state index in [0.29, 0.717) is 0 Å². The second-order valence-electron chi connectivity index (χ2n) is 5.95. The first kappa shape index (κ1) is 16.3. The zero-order chi connectivity index (χ0) is 16.9. The second kappa shape index (κ2) is 7.36. The molecule has 1 unspecified atom stereocenters. The number of hydrogen-bond acceptors (Lipinski definition) is 4. The SMILES string of the molecule is CC(C(=O)O)c1ccc(Nc2ccc(N3CCOCC3)cc2)cc1. The van der Waals surface area contributed by atoms with Gasteiger partial charge in [0.1, 0.15) is 0 Å². The van der Waals surface area contributed by atoms with Crippen molar-refractivity contribution in [2.24, 2.45) is 0 Å². The zero-order valence-electron chi connectivity index (χ0n) is 13.7. The fourth-order valence-corrected chi connectivity index (χ4v) is 2.74. The summed E-state index contributed by atoms with van der Waals surface area (Å²) in [5.74, 6) is -1.30. The molecule has 1 saturated heterocycles. The number of carboxylic acid groups (broad SMARTS) is 1. The maximum Gasteiger partial charge on any atom is 0.310 e. The van der Waals surface area contributed by atoms with E-state index >= 15 is 0 Å². The molecule has 3 rings (SSSR count). The third-order valence-electron chi connectivity index (χ3n) is 4.31. The minimum atomic E-state index is -0.811. The molecular weight excluding hydrogens is 304 g/mol. The van der Waals surface area contributed by atoms with E-state index < -0.39 is 11.9 Å². The summed E-state index contributed by atoms with van der Waals surface area (Å²) in [7, 11) is 0. The van der Waals surface area contributed by atoms with Crippen molar-refractivity contribution >= 4 is 23.0 Å². The molecule has 1 atom stereocenters. The lowest BCUT2D eigenvalue weighted by atomic mass is 10.0. The molecule has 0 aromatic heterocycles. The van der Waals surface area contributed by atoms with Crippen LogP contribution in [0.3, 0.4) is 0 Å². The number of rotatable bonds is 5. The summed E-state index contributed by atoms with van der Waals surface area (Å²) in [5.41, 5.74) is 3.95. The van der Waals surface area contributed by atoms with Gasteiger partial charge in [-0.25, -0.2) is 0 Å². The van der Waals surface area contributed by atoms with E-state index in [2.05, 4.69) is 34.5 Å². The van der Waals surface area contributed by atoms with Crippen LogP contribution in [0.1, 0.15) is 18.4 Å². The van der Waals surface area contributed by atoms with Crippen LogP contribution in [-0.4, -0.2) is 37.4 Å². The summed E-state index contributed by atoms with van der Waals surface area (Å²) in [6.45, 7) is 5.10. The van der Waals surface area contributed by atoms with Crippen LogP contribution < -0.4 is 10.2 Å². The number of nitrogens with one attached hydrogen (secondary N) is 1. The van der Waals surface area contributed by atoms with Crippen molar-refractivity contribution in [1.29, 1.82) is 0 Å². The fraction of sp³-hybridized carbons (Fsp3) is 0.316. The van der Waals surface area contributed by atoms with Crippen LogP contribution in [0.4, 0.5) is 17.1 Å². The summed E-state index contributed by atoms with van der Waals surface area (Å²) in [5, 5.41) is 12.4. The van der Waals surface area contributed by atoms with E-state index in [4.69, 9.17) is 9.84 Å². The number of carbonyl (C=O) groups is 1. The van der Waals surface area contributed by atoms with Crippen LogP contribution in [0.5, 0.6) is 0 Å². The molecular formula is C19H22N2O3. The predicted octanol–water partition coefficient (Wildman–Crippen LogP) is 3.45. The summed E-state index contributed by atoms with van der Waals surface area (Å²) < 4.78 is 5.37. The lowest BCUT2D eigenvalue weighted by molar-refractivity contribution is -0.138. The molecule has 2 N–H and O–H groups in total. The van der Waals surface area contributed by atoms with Crippen LogP contribution in [0, 0.1) is 0 Å². The summed E-state index contributed by atoms with van der Waals surface area (Å²) in [6.07, 6.45) is 0. The van der Waals surface area contributed by atoms with Gasteiger partial charge in [0.2, 0.25) is 0 Å². The second-order valence-corrected chi connectivity index (χ2v) is 5.95. The summed E-state index contributed by atoms with van der Waals surface area (Å²) in [6, 6.07) is 15.8. The van der Waals surface area contributed by atoms with Crippen molar-refractivity contribution in [3.63, 3.8) is 0 Å². The number of benzene rings is 2. The minimum Gasteiger partial charge on any atom is -0.481 e. The molecule has 24 heavy (non-hydrogen) atoms. The standard InChI is InChI=1S/C19H22N2O3/c1-14(19(22)23)15-2-4-16(5-3-15)20-17-6-8-18(9-7-17)21-10-12-24-13-11-21/h2-9,14,20H,10-13H2,1H3,(H,22,23). The summed E-state index contributed by atoms with van der Waals surface area (Å²) >= 11 is 0. The monoisotopic (exact) mass is 326 g/mol. The smallest absolute Gasteiger partial charge is 0.310 e. The van der Waals surface area contributed by atoms with Gasteiger partial charge >= 0.3 is 5.97 Å². The number of anilines is 3. The Labute approximate surface area is 141 Å². The number of morpholine rings is 1. The highest BCUT2D eigenvalue weighted by atomic mass is 16.5. The van der Waals surface area contributed by atoms with E-state index in [-0.39, 0.29) is 0 Å². The van der Waals surface area contributed by atoms with Crippen molar-refractivity contribution in [1.82, 2.24) is 0 Å². The molecule has 0 spiro atoms. The molecule has 0 aliphatic carbocycles. The van der Waals surface area contributed by atoms with Crippen LogP contribution in [-0.2, 0) is 9.53 Å². The van der Waals surface area contributed by atoms with Gasteiger partial charge in [0.25, 0.3) is 0 Å². The van der Waals surface area contributed by atoms with Gasteiger partial charge in [-0.3, -0.25) is 4.79 Å². The Balaban J connectivity index is 1.64. The van der Waals surface area contributed by atoms with Gasteiger partial charge < -0.3 is 20.1 Å². The topological polar surface area (TPSA) is 61.8 Å². The highest BCUT2D eigenvalue weighted by Gasteiger charge is 2.13. The number of aliphatic carboxylic acids is 1. The Kier molecular flexibility index (Phi) is 5.01. The third kappa shape index (κ3) is 3.86. The van der Waals surface area contributed by atoms with Crippen molar-refractivity contribution in [2.75, 3.05) is 36.5 Å². The van der Waals surface area contributed by atoms with E-state index in [1.165, 1.54) is 5.69 Å². The third-order valence-corrected chi connectivity index (χ3v) is 4.31. The number of carboxylic acids is 1. The van der Waals surface area contributed by atoms with Crippen molar-refractivity contribution < 1.29 is 14.6 Å². The van der Waals surface area contributed by atoms with Crippen molar-refractivity contribution in [3.05, 3.63) is 54.1 Å². The molecule has 1 heterocycles. The number of nitrogens with zero attached hydrogens (tertiary/aromatic N) is 1. The van der Waals surface area contributed by atoms with Gasteiger partial charge in [-0.1, -0.05) is 12.1 Å². The molecule has 2 aromatic rings. The molecule has 1 fully saturated rings. The minimum absolute atomic E-state index is 0.494. The summed E-state index contributed by atoms with van der Waals surface area (Å²) in [4.78, 5) is 13.3. The van der Waals surface area contributed by atoms with Crippen LogP contribution in [0.25, 0.3) is 0 Å². The van der Waals surface area contributed by atoms with Gasteiger partial charge in [0.05, 0.1) is 19.1 Å². The molecule has 0 saturated carbocycles. The van der Waals surface area contributed by atoms with Gasteiger partial charge in [0, 0.05) is 30.2 Å². The highest BCUT2D eigenvalue weighted by molar-refractivity contribution is 5.76. The van der Waals surface area contributed by atoms with E-state index in [1.807, 2.05) is 24.3 Å². The molecule has 2 aromatic carbocycles. The fourth-order valence-electron chi connectivity index (χ4n) is 2.74. The molecule has 1 aliphatic heterocycles.